The highest BCUT2D eigenvalue weighted by Crippen LogP contribution is 2.17. The van der Waals surface area contributed by atoms with Gasteiger partial charge in [-0.25, -0.2) is 0 Å². The molecule has 0 fully saturated rings. The van der Waals surface area contributed by atoms with Gasteiger partial charge in [0.25, 0.3) is 0 Å². The van der Waals surface area contributed by atoms with Crippen LogP contribution in [-0.4, -0.2) is 22.3 Å². The first-order valence-electron chi connectivity index (χ1n) is 5.81. The van der Waals surface area contributed by atoms with Crippen molar-refractivity contribution in [3.05, 3.63) is 34.3 Å². The van der Waals surface area contributed by atoms with Gasteiger partial charge in [0.2, 0.25) is 0 Å². The monoisotopic (exact) mass is 317 g/mol. The molecule has 3 atom stereocenters. The van der Waals surface area contributed by atoms with Gasteiger partial charge in [-0.3, -0.25) is 4.21 Å². The van der Waals surface area contributed by atoms with Gasteiger partial charge >= 0.3 is 0 Å². The zero-order valence-electron chi connectivity index (χ0n) is 10.6. The van der Waals surface area contributed by atoms with Crippen molar-refractivity contribution in [3.8, 4) is 0 Å². The Morgan fingerprint density at radius 3 is 2.71 bits per heavy atom. The predicted molar refractivity (Wildman–Crippen MR) is 78.7 cm³/mol. The molecule has 0 aliphatic carbocycles. The summed E-state index contributed by atoms with van der Waals surface area (Å²) in [5, 5.41) is 3.72. The van der Waals surface area contributed by atoms with Crippen LogP contribution in [0.2, 0.25) is 0 Å². The fraction of sp³-hybridized carbons (Fsp3) is 0.538. The lowest BCUT2D eigenvalue weighted by Gasteiger charge is -2.16. The normalized spacial score (nSPS) is 16.5. The summed E-state index contributed by atoms with van der Waals surface area (Å²) < 4.78 is 12.3. The molecule has 2 nitrogen and oxygen atoms in total. The topological polar surface area (TPSA) is 29.1 Å². The summed E-state index contributed by atoms with van der Waals surface area (Å²) >= 11 is 3.47. The van der Waals surface area contributed by atoms with E-state index in [9.17, 15) is 4.21 Å². The molecule has 4 heteroatoms. The first-order chi connectivity index (χ1) is 8.00. The molecule has 0 saturated carbocycles. The second kappa shape index (κ2) is 7.29. The second-order valence-corrected chi connectivity index (χ2v) is 7.05. The van der Waals surface area contributed by atoms with E-state index in [-0.39, 0.29) is 5.25 Å². The number of hydrogen-bond acceptors (Lipinski definition) is 2. The number of benzene rings is 1. The molecule has 0 amide bonds. The minimum absolute atomic E-state index is 0.261. The minimum Gasteiger partial charge on any atom is -0.310 e. The Morgan fingerprint density at radius 2 is 2.12 bits per heavy atom. The number of hydrogen-bond donors (Lipinski definition) is 1. The van der Waals surface area contributed by atoms with E-state index in [0.29, 0.717) is 6.04 Å². The van der Waals surface area contributed by atoms with Crippen LogP contribution in [0.4, 0.5) is 0 Å². The fourth-order valence-corrected chi connectivity index (χ4v) is 2.43. The van der Waals surface area contributed by atoms with Gasteiger partial charge in [-0.2, -0.15) is 0 Å². The molecule has 0 saturated heterocycles. The van der Waals surface area contributed by atoms with Crippen LogP contribution >= 0.6 is 15.9 Å². The molecule has 0 aliphatic heterocycles. The van der Waals surface area contributed by atoms with Crippen molar-refractivity contribution >= 4 is 26.7 Å². The van der Waals surface area contributed by atoms with Crippen LogP contribution in [0.1, 0.15) is 31.9 Å². The quantitative estimate of drug-likeness (QED) is 0.872. The van der Waals surface area contributed by atoms with Crippen molar-refractivity contribution in [2.24, 2.45) is 0 Å². The highest BCUT2D eigenvalue weighted by molar-refractivity contribution is 9.10. The number of rotatable bonds is 6. The molecule has 0 bridgehead atoms. The van der Waals surface area contributed by atoms with Crippen LogP contribution in [0.5, 0.6) is 0 Å². The van der Waals surface area contributed by atoms with Crippen LogP contribution in [0, 0.1) is 0 Å². The maximum absolute atomic E-state index is 11.2. The standard InChI is InChI=1S/C13H20BrNOS/c1-10(17(3)16)7-8-15-11(2)12-5-4-6-13(14)9-12/h4-6,9-11,15H,7-8H2,1-3H3. The van der Waals surface area contributed by atoms with Crippen LogP contribution in [0.25, 0.3) is 0 Å². The zero-order chi connectivity index (χ0) is 12.8. The molecule has 3 unspecified atom stereocenters. The van der Waals surface area contributed by atoms with Gasteiger partial charge in [0.05, 0.1) is 0 Å². The van der Waals surface area contributed by atoms with Crippen molar-refractivity contribution in [3.63, 3.8) is 0 Å². The molecule has 0 heterocycles. The molecule has 1 rings (SSSR count). The van der Waals surface area contributed by atoms with Crippen LogP contribution in [0.15, 0.2) is 28.7 Å². The zero-order valence-corrected chi connectivity index (χ0v) is 13.0. The third-order valence-electron chi connectivity index (χ3n) is 2.92. The van der Waals surface area contributed by atoms with E-state index in [2.05, 4.69) is 40.3 Å². The first-order valence-corrected chi connectivity index (χ1v) is 8.23. The maximum Gasteiger partial charge on any atom is 0.0329 e. The average Bonchev–Trinajstić information content (AvgIpc) is 2.28. The van der Waals surface area contributed by atoms with Crippen molar-refractivity contribution in [2.45, 2.75) is 31.6 Å². The molecular weight excluding hydrogens is 298 g/mol. The lowest BCUT2D eigenvalue weighted by atomic mass is 10.1. The Kier molecular flexibility index (Phi) is 6.38. The van der Waals surface area contributed by atoms with Crippen molar-refractivity contribution in [1.82, 2.24) is 5.32 Å². The summed E-state index contributed by atoms with van der Waals surface area (Å²) in [7, 11) is -0.721. The van der Waals surface area contributed by atoms with Gasteiger partial charge in [-0.1, -0.05) is 35.0 Å². The van der Waals surface area contributed by atoms with Gasteiger partial charge in [-0.15, -0.1) is 0 Å². The second-order valence-electron chi connectivity index (χ2n) is 4.33. The minimum atomic E-state index is -0.721. The molecular formula is C13H20BrNOS. The van der Waals surface area contributed by atoms with Gasteiger partial charge in [0.1, 0.15) is 0 Å². The fourth-order valence-electron chi connectivity index (χ4n) is 1.56. The molecule has 0 radical (unpaired) electrons. The largest absolute Gasteiger partial charge is 0.310 e. The molecule has 1 N–H and O–H groups in total. The lowest BCUT2D eigenvalue weighted by Crippen LogP contribution is -2.24. The average molecular weight is 318 g/mol. The lowest BCUT2D eigenvalue weighted by molar-refractivity contribution is 0.553. The number of nitrogens with one attached hydrogen (secondary N) is 1. The Hall–Kier alpha value is -0.190. The summed E-state index contributed by atoms with van der Waals surface area (Å²) in [4.78, 5) is 0. The summed E-state index contributed by atoms with van der Waals surface area (Å²) in [5.41, 5.74) is 1.27. The van der Waals surface area contributed by atoms with Gasteiger partial charge in [0.15, 0.2) is 0 Å². The van der Waals surface area contributed by atoms with E-state index in [4.69, 9.17) is 0 Å². The van der Waals surface area contributed by atoms with Crippen molar-refractivity contribution in [2.75, 3.05) is 12.8 Å². The summed E-state index contributed by atoms with van der Waals surface area (Å²) in [6.07, 6.45) is 2.71. The predicted octanol–water partition coefficient (Wildman–Crippen LogP) is 3.26. The van der Waals surface area contributed by atoms with Crippen LogP contribution in [0.3, 0.4) is 0 Å². The van der Waals surface area contributed by atoms with E-state index in [1.165, 1.54) is 5.56 Å². The van der Waals surface area contributed by atoms with Crippen molar-refractivity contribution < 1.29 is 4.21 Å². The SMILES string of the molecule is CC(NCCC(C)S(C)=O)c1cccc(Br)c1. The van der Waals surface area contributed by atoms with Gasteiger partial charge in [-0.05, 0) is 37.6 Å². The highest BCUT2D eigenvalue weighted by atomic mass is 79.9. The van der Waals surface area contributed by atoms with E-state index in [1.54, 1.807) is 6.26 Å². The molecule has 17 heavy (non-hydrogen) atoms. The smallest absolute Gasteiger partial charge is 0.0329 e. The maximum atomic E-state index is 11.2. The Bertz CT molecular complexity index is 383. The Labute approximate surface area is 115 Å². The molecule has 0 aromatic heterocycles. The summed E-state index contributed by atoms with van der Waals surface area (Å²) in [6, 6.07) is 8.63. The van der Waals surface area contributed by atoms with E-state index < -0.39 is 10.8 Å². The third kappa shape index (κ3) is 5.32. The molecule has 96 valence electrons. The Morgan fingerprint density at radius 1 is 1.41 bits per heavy atom. The highest BCUT2D eigenvalue weighted by Gasteiger charge is 2.08. The first kappa shape index (κ1) is 14.9. The number of halogens is 1. The van der Waals surface area contributed by atoms with Gasteiger partial charge < -0.3 is 5.32 Å². The third-order valence-corrected chi connectivity index (χ3v) is 4.78. The van der Waals surface area contributed by atoms with E-state index >= 15 is 0 Å². The van der Waals surface area contributed by atoms with Crippen molar-refractivity contribution in [1.29, 1.82) is 0 Å². The van der Waals surface area contributed by atoms with Crippen LogP contribution in [-0.2, 0) is 10.8 Å². The van der Waals surface area contributed by atoms with Crippen LogP contribution < -0.4 is 5.32 Å². The van der Waals surface area contributed by atoms with E-state index in [1.807, 2.05) is 19.1 Å². The molecule has 0 aliphatic rings. The summed E-state index contributed by atoms with van der Waals surface area (Å²) in [6.45, 7) is 5.07. The molecule has 1 aromatic rings. The molecule has 1 aromatic carbocycles. The van der Waals surface area contributed by atoms with Gasteiger partial charge in [0, 0.05) is 32.8 Å². The summed E-state index contributed by atoms with van der Waals surface area (Å²) in [5.74, 6) is 0. The molecule has 0 spiro atoms. The Balaban J connectivity index is 2.40. The van der Waals surface area contributed by atoms with E-state index in [0.717, 1.165) is 17.4 Å².